The summed E-state index contributed by atoms with van der Waals surface area (Å²) in [4.78, 5) is 52.0. The molecule has 0 unspecified atom stereocenters. The topological polar surface area (TPSA) is 132 Å². The molecule has 8 nitrogen and oxygen atoms in total. The molecule has 0 aromatic carbocycles. The molecule has 0 saturated carbocycles. The van der Waals surface area contributed by atoms with Crippen LogP contribution in [0.1, 0.15) is 51.8 Å². The lowest BCUT2D eigenvalue weighted by molar-refractivity contribution is 0.0525. The van der Waals surface area contributed by atoms with Gasteiger partial charge in [0.1, 0.15) is 15.4 Å². The van der Waals surface area contributed by atoms with Crippen molar-refractivity contribution in [1.82, 2.24) is 9.97 Å². The normalized spacial score (nSPS) is 10.2. The third-order valence-electron chi connectivity index (χ3n) is 3.43. The van der Waals surface area contributed by atoms with E-state index in [9.17, 15) is 19.2 Å². The molecule has 3 aromatic heterocycles. The van der Waals surface area contributed by atoms with E-state index in [1.807, 2.05) is 0 Å². The molecular formula is C17H17N3O5S2. The average Bonchev–Trinajstić information content (AvgIpc) is 3.20. The summed E-state index contributed by atoms with van der Waals surface area (Å²) in [5.74, 6) is -0.817. The highest BCUT2D eigenvalue weighted by Gasteiger charge is 2.20. The highest BCUT2D eigenvalue weighted by molar-refractivity contribution is 7.17. The SMILES string of the molecule is CC(=O)c1csc2nc[nH]c(=O)c12.CCOC(=O)c1c(C(C)=O)csc1N. The highest BCUT2D eigenvalue weighted by atomic mass is 32.1. The van der Waals surface area contributed by atoms with Gasteiger partial charge in [-0.25, -0.2) is 9.78 Å². The Morgan fingerprint density at radius 2 is 1.78 bits per heavy atom. The van der Waals surface area contributed by atoms with Crippen LogP contribution in [0.15, 0.2) is 21.9 Å². The van der Waals surface area contributed by atoms with Crippen molar-refractivity contribution in [3.05, 3.63) is 44.1 Å². The maximum absolute atomic E-state index is 11.4. The number of aromatic nitrogens is 2. The summed E-state index contributed by atoms with van der Waals surface area (Å²) in [7, 11) is 0. The summed E-state index contributed by atoms with van der Waals surface area (Å²) in [5.41, 5.74) is 6.31. The Labute approximate surface area is 162 Å². The zero-order chi connectivity index (χ0) is 20.1. The fraction of sp³-hybridized carbons (Fsp3) is 0.235. The molecule has 3 aromatic rings. The fourth-order valence-electron chi connectivity index (χ4n) is 2.19. The number of nitrogens with one attached hydrogen (secondary N) is 1. The van der Waals surface area contributed by atoms with Gasteiger partial charge in [-0.05, 0) is 20.8 Å². The smallest absolute Gasteiger partial charge is 0.341 e. The number of carbonyl (C=O) groups excluding carboxylic acids is 3. The van der Waals surface area contributed by atoms with Crippen LogP contribution in [0.5, 0.6) is 0 Å². The number of aromatic amines is 1. The number of nitrogens with two attached hydrogens (primary N) is 1. The van der Waals surface area contributed by atoms with E-state index < -0.39 is 5.97 Å². The number of anilines is 1. The number of hydrogen-bond donors (Lipinski definition) is 2. The van der Waals surface area contributed by atoms with E-state index in [-0.39, 0.29) is 29.3 Å². The minimum absolute atomic E-state index is 0.107. The Bertz CT molecular complexity index is 1060. The molecule has 142 valence electrons. The van der Waals surface area contributed by atoms with Gasteiger partial charge in [-0.1, -0.05) is 0 Å². The Kier molecular flexibility index (Phi) is 6.59. The number of hydrogen-bond acceptors (Lipinski definition) is 9. The van der Waals surface area contributed by atoms with Gasteiger partial charge < -0.3 is 15.5 Å². The van der Waals surface area contributed by atoms with Gasteiger partial charge in [0, 0.05) is 21.9 Å². The van der Waals surface area contributed by atoms with Crippen LogP contribution in [0.25, 0.3) is 10.2 Å². The van der Waals surface area contributed by atoms with Gasteiger partial charge in [0.25, 0.3) is 5.56 Å². The molecule has 0 aliphatic heterocycles. The number of ether oxygens (including phenoxy) is 1. The van der Waals surface area contributed by atoms with E-state index in [0.717, 1.165) is 0 Å². The van der Waals surface area contributed by atoms with Crippen LogP contribution >= 0.6 is 22.7 Å². The molecule has 3 N–H and O–H groups in total. The second-order valence-corrected chi connectivity index (χ2v) is 7.05. The highest BCUT2D eigenvalue weighted by Crippen LogP contribution is 2.26. The number of carbonyl (C=O) groups is 3. The van der Waals surface area contributed by atoms with Crippen molar-refractivity contribution in [2.45, 2.75) is 20.8 Å². The van der Waals surface area contributed by atoms with Crippen LogP contribution in [0.2, 0.25) is 0 Å². The maximum Gasteiger partial charge on any atom is 0.341 e. The number of H-pyrrole nitrogens is 1. The van der Waals surface area contributed by atoms with E-state index in [2.05, 4.69) is 9.97 Å². The monoisotopic (exact) mass is 407 g/mol. The van der Waals surface area contributed by atoms with E-state index in [0.29, 0.717) is 26.3 Å². The third kappa shape index (κ3) is 4.47. The van der Waals surface area contributed by atoms with Crippen LogP contribution in [0, 0.1) is 0 Å². The van der Waals surface area contributed by atoms with Crippen molar-refractivity contribution in [3.63, 3.8) is 0 Å². The second-order valence-electron chi connectivity index (χ2n) is 5.28. The second kappa shape index (κ2) is 8.69. The molecule has 3 heterocycles. The van der Waals surface area contributed by atoms with E-state index in [1.54, 1.807) is 17.7 Å². The van der Waals surface area contributed by atoms with Crippen molar-refractivity contribution in [3.8, 4) is 0 Å². The number of thiophene rings is 2. The van der Waals surface area contributed by atoms with E-state index in [4.69, 9.17) is 10.5 Å². The quantitative estimate of drug-likeness (QED) is 0.502. The molecule has 0 aliphatic carbocycles. The van der Waals surface area contributed by atoms with Crippen LogP contribution < -0.4 is 11.3 Å². The summed E-state index contributed by atoms with van der Waals surface area (Å²) in [6.07, 6.45) is 1.34. The molecule has 0 atom stereocenters. The fourth-order valence-corrected chi connectivity index (χ4v) is 3.98. The first-order valence-electron chi connectivity index (χ1n) is 7.78. The molecule has 0 amide bonds. The Morgan fingerprint density at radius 1 is 1.15 bits per heavy atom. The molecular weight excluding hydrogens is 390 g/mol. The van der Waals surface area contributed by atoms with Gasteiger partial charge >= 0.3 is 5.97 Å². The van der Waals surface area contributed by atoms with Gasteiger partial charge in [0.2, 0.25) is 0 Å². The van der Waals surface area contributed by atoms with Crippen LogP contribution in [-0.4, -0.2) is 34.1 Å². The number of fused-ring (bicyclic) bond motifs is 1. The zero-order valence-electron chi connectivity index (χ0n) is 14.8. The first-order valence-corrected chi connectivity index (χ1v) is 9.54. The molecule has 0 fully saturated rings. The van der Waals surface area contributed by atoms with Crippen molar-refractivity contribution in [2.24, 2.45) is 0 Å². The van der Waals surface area contributed by atoms with Crippen molar-refractivity contribution in [1.29, 1.82) is 0 Å². The van der Waals surface area contributed by atoms with Crippen LogP contribution in [0.3, 0.4) is 0 Å². The summed E-state index contributed by atoms with van der Waals surface area (Å²) in [6, 6.07) is 0. The van der Waals surface area contributed by atoms with Crippen LogP contribution in [-0.2, 0) is 4.74 Å². The van der Waals surface area contributed by atoms with Gasteiger partial charge in [0.15, 0.2) is 11.6 Å². The molecule has 0 bridgehead atoms. The number of Topliss-reactive ketones (excluding diaryl/α,β-unsaturated/α-hetero) is 2. The lowest BCUT2D eigenvalue weighted by Gasteiger charge is -2.02. The predicted molar refractivity (Wildman–Crippen MR) is 105 cm³/mol. The number of ketones is 2. The van der Waals surface area contributed by atoms with E-state index >= 15 is 0 Å². The van der Waals surface area contributed by atoms with Crippen molar-refractivity contribution < 1.29 is 19.1 Å². The lowest BCUT2D eigenvalue weighted by Crippen LogP contribution is -2.10. The summed E-state index contributed by atoms with van der Waals surface area (Å²) in [5, 5.41) is 3.97. The minimum Gasteiger partial charge on any atom is -0.462 e. The van der Waals surface area contributed by atoms with Gasteiger partial charge in [-0.2, -0.15) is 0 Å². The number of esters is 1. The number of rotatable bonds is 4. The van der Waals surface area contributed by atoms with Gasteiger partial charge in [-0.3, -0.25) is 14.4 Å². The molecule has 0 saturated heterocycles. The molecule has 0 spiro atoms. The minimum atomic E-state index is -0.531. The molecule has 10 heteroatoms. The van der Waals surface area contributed by atoms with Crippen molar-refractivity contribution >= 4 is 55.4 Å². The Hall–Kier alpha value is -2.85. The van der Waals surface area contributed by atoms with Gasteiger partial charge in [0.05, 0.1) is 18.3 Å². The molecule has 0 aliphatic rings. The number of nitrogens with zero attached hydrogens (tertiary/aromatic N) is 1. The largest absolute Gasteiger partial charge is 0.462 e. The first kappa shape index (κ1) is 20.5. The first-order chi connectivity index (χ1) is 12.8. The maximum atomic E-state index is 11.4. The molecule has 3 rings (SSSR count). The molecule has 27 heavy (non-hydrogen) atoms. The average molecular weight is 407 g/mol. The third-order valence-corrected chi connectivity index (χ3v) is 5.13. The summed E-state index contributed by atoms with van der Waals surface area (Å²) < 4.78 is 4.79. The van der Waals surface area contributed by atoms with Crippen LogP contribution in [0.4, 0.5) is 5.00 Å². The van der Waals surface area contributed by atoms with Gasteiger partial charge in [-0.15, -0.1) is 22.7 Å². The Morgan fingerprint density at radius 3 is 2.37 bits per heavy atom. The lowest BCUT2D eigenvalue weighted by atomic mass is 10.1. The predicted octanol–water partition coefficient (Wildman–Crippen LogP) is 2.90. The molecule has 0 radical (unpaired) electrons. The standard InChI is InChI=1S/C9H11NO3S.C8H6N2O2S/c1-3-13-9(12)7-6(5(2)11)4-14-8(7)10;1-4(11)5-2-13-8-6(5)7(12)9-3-10-8/h4H,3,10H2,1-2H3;2-3H,1H3,(H,9,10,12). The van der Waals surface area contributed by atoms with E-state index in [1.165, 1.54) is 42.8 Å². The summed E-state index contributed by atoms with van der Waals surface area (Å²) in [6.45, 7) is 4.80. The summed E-state index contributed by atoms with van der Waals surface area (Å²) >= 11 is 2.47. The van der Waals surface area contributed by atoms with Crippen molar-refractivity contribution in [2.75, 3.05) is 12.3 Å². The zero-order valence-corrected chi connectivity index (χ0v) is 16.5. The number of nitrogen functional groups attached to an aromatic ring is 1. The Balaban J connectivity index is 0.000000194.